The Morgan fingerprint density at radius 1 is 1.09 bits per heavy atom. The first-order valence-electron chi connectivity index (χ1n) is 10.8. The topological polar surface area (TPSA) is 98.8 Å². The Morgan fingerprint density at radius 3 is 2.50 bits per heavy atom. The lowest BCUT2D eigenvalue weighted by Crippen LogP contribution is -2.50. The lowest BCUT2D eigenvalue weighted by molar-refractivity contribution is -0.143. The van der Waals surface area contributed by atoms with Crippen molar-refractivity contribution in [3.8, 4) is 0 Å². The zero-order chi connectivity index (χ0) is 22.5. The van der Waals surface area contributed by atoms with Crippen LogP contribution in [-0.4, -0.2) is 46.1 Å². The molecule has 1 saturated heterocycles. The number of rotatable bonds is 6. The van der Waals surface area contributed by atoms with Gasteiger partial charge in [-0.3, -0.25) is 19.3 Å². The van der Waals surface area contributed by atoms with Gasteiger partial charge in [0.1, 0.15) is 6.54 Å². The molecular weight excluding hydrogens is 408 g/mol. The maximum absolute atomic E-state index is 13.4. The summed E-state index contributed by atoms with van der Waals surface area (Å²) in [5.74, 6) is -1.23. The first-order chi connectivity index (χ1) is 15.4. The first-order valence-corrected chi connectivity index (χ1v) is 10.8. The van der Waals surface area contributed by atoms with Crippen LogP contribution in [-0.2, 0) is 26.5 Å². The number of hydrogen-bond acceptors (Lipinski definition) is 4. The van der Waals surface area contributed by atoms with Crippen molar-refractivity contribution in [2.45, 2.75) is 37.9 Å². The molecule has 2 aliphatic heterocycles. The van der Waals surface area contributed by atoms with Crippen LogP contribution in [0.5, 0.6) is 0 Å². The van der Waals surface area contributed by atoms with Gasteiger partial charge < -0.3 is 15.5 Å². The molecule has 3 aliphatic rings. The summed E-state index contributed by atoms with van der Waals surface area (Å²) < 4.78 is 0. The third kappa shape index (κ3) is 3.14. The maximum atomic E-state index is 13.4. The summed E-state index contributed by atoms with van der Waals surface area (Å²) in [5.41, 5.74) is 0.0321. The van der Waals surface area contributed by atoms with E-state index in [1.54, 1.807) is 29.2 Å². The Hall–Kier alpha value is -3.68. The Morgan fingerprint density at radius 2 is 1.78 bits per heavy atom. The molecule has 2 aromatic carbocycles. The Labute approximate surface area is 185 Å². The molecule has 0 aromatic heterocycles. The first kappa shape index (κ1) is 20.2. The summed E-state index contributed by atoms with van der Waals surface area (Å²) in [4.78, 5) is 54.8. The van der Waals surface area contributed by atoms with E-state index in [9.17, 15) is 19.2 Å². The van der Waals surface area contributed by atoms with Crippen molar-refractivity contribution in [2.24, 2.45) is 5.92 Å². The van der Waals surface area contributed by atoms with E-state index in [0.717, 1.165) is 23.3 Å². The number of anilines is 1. The number of para-hydroxylation sites is 1. The average molecular weight is 432 g/mol. The highest BCUT2D eigenvalue weighted by Crippen LogP contribution is 2.40. The van der Waals surface area contributed by atoms with Crippen LogP contribution in [0.25, 0.3) is 0 Å². The number of hydrogen-bond donors (Lipinski definition) is 2. The lowest BCUT2D eigenvalue weighted by Gasteiger charge is -2.31. The summed E-state index contributed by atoms with van der Waals surface area (Å²) in [6.45, 7) is 1.99. The number of imide groups is 1. The van der Waals surface area contributed by atoms with Crippen molar-refractivity contribution in [3.05, 3.63) is 65.7 Å². The van der Waals surface area contributed by atoms with Gasteiger partial charge in [-0.25, -0.2) is 4.79 Å². The fourth-order valence-electron chi connectivity index (χ4n) is 4.61. The van der Waals surface area contributed by atoms with Crippen LogP contribution >= 0.6 is 0 Å². The largest absolute Gasteiger partial charge is 0.334 e. The summed E-state index contributed by atoms with van der Waals surface area (Å²) in [7, 11) is 0. The second kappa shape index (κ2) is 7.47. The SMILES string of the molecule is CC(C1CC1)N(Cc1ccccc1)C(=O)CN1C(=O)NC2(C(=O)Nc3ccccc32)C1=O. The van der Waals surface area contributed by atoms with Crippen LogP contribution in [0.15, 0.2) is 54.6 Å². The second-order valence-corrected chi connectivity index (χ2v) is 8.66. The molecular formula is C24H24N4O4. The van der Waals surface area contributed by atoms with Crippen LogP contribution in [0.4, 0.5) is 10.5 Å². The molecule has 1 saturated carbocycles. The molecule has 2 atom stereocenters. The van der Waals surface area contributed by atoms with Crippen molar-refractivity contribution in [1.82, 2.24) is 15.1 Å². The Balaban J connectivity index is 1.40. The molecule has 5 rings (SSSR count). The predicted molar refractivity (Wildman–Crippen MR) is 116 cm³/mol. The van der Waals surface area contributed by atoms with Gasteiger partial charge in [-0.05, 0) is 37.3 Å². The molecule has 1 aliphatic carbocycles. The summed E-state index contributed by atoms with van der Waals surface area (Å²) >= 11 is 0. The van der Waals surface area contributed by atoms with E-state index >= 15 is 0 Å². The molecule has 2 fully saturated rings. The second-order valence-electron chi connectivity index (χ2n) is 8.66. The minimum Gasteiger partial charge on any atom is -0.334 e. The third-order valence-electron chi connectivity index (χ3n) is 6.63. The summed E-state index contributed by atoms with van der Waals surface area (Å²) in [5, 5.41) is 5.20. The van der Waals surface area contributed by atoms with Gasteiger partial charge in [0.2, 0.25) is 11.4 Å². The van der Waals surface area contributed by atoms with Gasteiger partial charge in [-0.15, -0.1) is 0 Å². The maximum Gasteiger partial charge on any atom is 0.326 e. The molecule has 0 radical (unpaired) electrons. The lowest BCUT2D eigenvalue weighted by atomic mass is 9.91. The average Bonchev–Trinajstić information content (AvgIpc) is 3.56. The van der Waals surface area contributed by atoms with Gasteiger partial charge >= 0.3 is 6.03 Å². The molecule has 32 heavy (non-hydrogen) atoms. The number of nitrogens with one attached hydrogen (secondary N) is 2. The zero-order valence-electron chi connectivity index (χ0n) is 17.7. The van der Waals surface area contributed by atoms with Gasteiger partial charge in [0.15, 0.2) is 0 Å². The van der Waals surface area contributed by atoms with Crippen molar-refractivity contribution < 1.29 is 19.2 Å². The van der Waals surface area contributed by atoms with E-state index in [4.69, 9.17) is 0 Å². The summed E-state index contributed by atoms with van der Waals surface area (Å²) in [6.07, 6.45) is 2.12. The Kier molecular flexibility index (Phi) is 4.73. The molecule has 8 nitrogen and oxygen atoms in total. The van der Waals surface area contributed by atoms with E-state index in [-0.39, 0.29) is 11.9 Å². The van der Waals surface area contributed by atoms with Crippen LogP contribution < -0.4 is 10.6 Å². The molecule has 0 bridgehead atoms. The van der Waals surface area contributed by atoms with E-state index in [1.165, 1.54) is 0 Å². The fourth-order valence-corrected chi connectivity index (χ4v) is 4.61. The van der Waals surface area contributed by atoms with Gasteiger partial charge in [0.25, 0.3) is 11.8 Å². The van der Waals surface area contributed by atoms with E-state index < -0.39 is 29.9 Å². The minimum absolute atomic E-state index is 0.00654. The van der Waals surface area contributed by atoms with E-state index in [0.29, 0.717) is 23.7 Å². The fraction of sp³-hybridized carbons (Fsp3) is 0.333. The number of nitrogens with zero attached hydrogens (tertiary/aromatic N) is 2. The summed E-state index contributed by atoms with van der Waals surface area (Å²) in [6, 6.07) is 15.6. The molecule has 2 aromatic rings. The number of fused-ring (bicyclic) bond motifs is 2. The van der Waals surface area contributed by atoms with Crippen molar-refractivity contribution in [3.63, 3.8) is 0 Å². The van der Waals surface area contributed by atoms with Gasteiger partial charge in [-0.1, -0.05) is 48.5 Å². The molecule has 164 valence electrons. The van der Waals surface area contributed by atoms with Crippen molar-refractivity contribution in [1.29, 1.82) is 0 Å². The monoisotopic (exact) mass is 432 g/mol. The number of urea groups is 1. The van der Waals surface area contributed by atoms with Crippen LogP contribution in [0.2, 0.25) is 0 Å². The molecule has 2 unspecified atom stereocenters. The molecule has 2 heterocycles. The van der Waals surface area contributed by atoms with Crippen molar-refractivity contribution >= 4 is 29.4 Å². The van der Waals surface area contributed by atoms with Crippen LogP contribution in [0.1, 0.15) is 30.9 Å². The number of carbonyl (C=O) groups is 4. The number of carbonyl (C=O) groups excluding carboxylic acids is 4. The van der Waals surface area contributed by atoms with Gasteiger partial charge in [0, 0.05) is 23.8 Å². The molecule has 5 amide bonds. The quantitative estimate of drug-likeness (QED) is 0.540. The number of amides is 5. The Bertz CT molecular complexity index is 1110. The van der Waals surface area contributed by atoms with E-state index in [1.807, 2.05) is 37.3 Å². The minimum atomic E-state index is -1.82. The third-order valence-corrected chi connectivity index (χ3v) is 6.63. The van der Waals surface area contributed by atoms with Crippen LogP contribution in [0.3, 0.4) is 0 Å². The highest BCUT2D eigenvalue weighted by Gasteiger charge is 2.62. The highest BCUT2D eigenvalue weighted by atomic mass is 16.2. The van der Waals surface area contributed by atoms with Gasteiger partial charge in [-0.2, -0.15) is 0 Å². The smallest absolute Gasteiger partial charge is 0.326 e. The molecule has 2 N–H and O–H groups in total. The van der Waals surface area contributed by atoms with Crippen LogP contribution in [0, 0.1) is 5.92 Å². The highest BCUT2D eigenvalue weighted by molar-refractivity contribution is 6.27. The normalized spacial score (nSPS) is 22.5. The van der Waals surface area contributed by atoms with Crippen molar-refractivity contribution in [2.75, 3.05) is 11.9 Å². The number of benzene rings is 2. The predicted octanol–water partition coefficient (Wildman–Crippen LogP) is 2.21. The van der Waals surface area contributed by atoms with E-state index in [2.05, 4.69) is 10.6 Å². The standard InChI is InChI=1S/C24H24N4O4/c1-15(17-11-12-17)27(13-16-7-3-2-4-8-16)20(29)14-28-22(31)24(26-23(28)32)18-9-5-6-10-19(18)25-21(24)30/h2-10,15,17H,11-14H2,1H3,(H,25,30)(H,26,32). The van der Waals surface area contributed by atoms with Gasteiger partial charge in [0.05, 0.1) is 0 Å². The molecule has 1 spiro atoms. The molecule has 8 heteroatoms. The zero-order valence-corrected chi connectivity index (χ0v) is 17.7.